The molecule has 0 aliphatic carbocycles. The Bertz CT molecular complexity index is 1150. The van der Waals surface area contributed by atoms with E-state index in [9.17, 15) is 4.79 Å². The molecule has 0 saturated carbocycles. The third kappa shape index (κ3) is 5.03. The summed E-state index contributed by atoms with van der Waals surface area (Å²) in [6.45, 7) is 0.246. The first-order valence-corrected chi connectivity index (χ1v) is 10.6. The lowest BCUT2D eigenvalue weighted by atomic mass is 10.1. The van der Waals surface area contributed by atoms with E-state index >= 15 is 0 Å². The number of thiazole rings is 1. The highest BCUT2D eigenvalue weighted by Crippen LogP contribution is 2.29. The Balaban J connectivity index is 1.37. The largest absolute Gasteiger partial charge is 0.491 e. The SMILES string of the molecule is O=C(CCOc1ccccc1Cl)Nc1cccc(-c2csc(-c3cccnc3)n2)c1. The molecular formula is C23H18ClN3O2S. The number of anilines is 1. The van der Waals surface area contributed by atoms with Crippen molar-refractivity contribution >= 4 is 34.5 Å². The molecule has 1 N–H and O–H groups in total. The fourth-order valence-electron chi connectivity index (χ4n) is 2.82. The highest BCUT2D eigenvalue weighted by Gasteiger charge is 2.09. The predicted octanol–water partition coefficient (Wildman–Crippen LogP) is 5.93. The predicted molar refractivity (Wildman–Crippen MR) is 121 cm³/mol. The normalized spacial score (nSPS) is 10.6. The average molecular weight is 436 g/mol. The quantitative estimate of drug-likeness (QED) is 0.390. The zero-order chi connectivity index (χ0) is 20.8. The molecule has 0 saturated heterocycles. The van der Waals surface area contributed by atoms with Gasteiger partial charge in [-0.25, -0.2) is 4.98 Å². The summed E-state index contributed by atoms with van der Waals surface area (Å²) in [6.07, 6.45) is 3.75. The molecular weight excluding hydrogens is 418 g/mol. The zero-order valence-electron chi connectivity index (χ0n) is 15.9. The van der Waals surface area contributed by atoms with E-state index in [2.05, 4.69) is 10.3 Å². The van der Waals surface area contributed by atoms with Gasteiger partial charge in [0.25, 0.3) is 0 Å². The Hall–Kier alpha value is -3.22. The van der Waals surface area contributed by atoms with Crippen molar-refractivity contribution in [1.82, 2.24) is 9.97 Å². The third-order valence-corrected chi connectivity index (χ3v) is 5.48. The van der Waals surface area contributed by atoms with Crippen LogP contribution >= 0.6 is 22.9 Å². The zero-order valence-corrected chi connectivity index (χ0v) is 17.5. The minimum absolute atomic E-state index is 0.131. The van der Waals surface area contributed by atoms with Crippen LogP contribution in [0.1, 0.15) is 6.42 Å². The lowest BCUT2D eigenvalue weighted by Crippen LogP contribution is -2.15. The van der Waals surface area contributed by atoms with Gasteiger partial charge in [0.1, 0.15) is 10.8 Å². The fourth-order valence-corrected chi connectivity index (χ4v) is 3.83. The topological polar surface area (TPSA) is 64.1 Å². The van der Waals surface area contributed by atoms with Crippen LogP contribution in [0.5, 0.6) is 5.75 Å². The molecule has 150 valence electrons. The van der Waals surface area contributed by atoms with Crippen molar-refractivity contribution in [3.8, 4) is 27.6 Å². The molecule has 7 heteroatoms. The summed E-state index contributed by atoms with van der Waals surface area (Å²) in [7, 11) is 0. The number of amides is 1. The molecule has 0 bridgehead atoms. The average Bonchev–Trinajstić information content (AvgIpc) is 3.26. The summed E-state index contributed by atoms with van der Waals surface area (Å²) in [5.74, 6) is 0.440. The number of carbonyl (C=O) groups excluding carboxylic acids is 1. The van der Waals surface area contributed by atoms with Crippen molar-refractivity contribution in [3.05, 3.63) is 83.5 Å². The molecule has 0 aliphatic rings. The maximum atomic E-state index is 12.3. The molecule has 0 radical (unpaired) electrons. The first-order chi connectivity index (χ1) is 14.7. The lowest BCUT2D eigenvalue weighted by Gasteiger charge is -2.09. The summed E-state index contributed by atoms with van der Waals surface area (Å²) in [5, 5.41) is 6.34. The van der Waals surface area contributed by atoms with Crippen molar-refractivity contribution < 1.29 is 9.53 Å². The molecule has 5 nitrogen and oxygen atoms in total. The van der Waals surface area contributed by atoms with Gasteiger partial charge < -0.3 is 10.1 Å². The summed E-state index contributed by atoms with van der Waals surface area (Å²) in [5.41, 5.74) is 3.49. The number of aromatic nitrogens is 2. The van der Waals surface area contributed by atoms with Gasteiger partial charge >= 0.3 is 0 Å². The number of para-hydroxylation sites is 1. The van der Waals surface area contributed by atoms with Crippen molar-refractivity contribution in [1.29, 1.82) is 0 Å². The molecule has 30 heavy (non-hydrogen) atoms. The number of ether oxygens (including phenoxy) is 1. The van der Waals surface area contributed by atoms with Gasteiger partial charge in [0.15, 0.2) is 0 Å². The van der Waals surface area contributed by atoms with E-state index < -0.39 is 0 Å². The number of halogens is 1. The van der Waals surface area contributed by atoms with Gasteiger partial charge in [-0.2, -0.15) is 0 Å². The Kier molecular flexibility index (Phi) is 6.37. The molecule has 0 unspecified atom stereocenters. The second kappa shape index (κ2) is 9.52. The molecule has 0 aliphatic heterocycles. The van der Waals surface area contributed by atoms with Gasteiger partial charge in [-0.1, -0.05) is 35.9 Å². The summed E-state index contributed by atoms with van der Waals surface area (Å²) in [4.78, 5) is 21.1. The Morgan fingerprint density at radius 3 is 2.77 bits per heavy atom. The molecule has 0 fully saturated rings. The highest BCUT2D eigenvalue weighted by atomic mass is 35.5. The van der Waals surface area contributed by atoms with Crippen LogP contribution in [0.2, 0.25) is 5.02 Å². The van der Waals surface area contributed by atoms with Crippen molar-refractivity contribution in [3.63, 3.8) is 0 Å². The smallest absolute Gasteiger partial charge is 0.227 e. The van der Waals surface area contributed by atoms with Crippen molar-refractivity contribution in [2.24, 2.45) is 0 Å². The number of nitrogens with zero attached hydrogens (tertiary/aromatic N) is 2. The van der Waals surface area contributed by atoms with Crippen LogP contribution in [0, 0.1) is 0 Å². The minimum atomic E-state index is -0.131. The molecule has 2 aromatic carbocycles. The number of hydrogen-bond acceptors (Lipinski definition) is 5. The first kappa shape index (κ1) is 20.1. The highest BCUT2D eigenvalue weighted by molar-refractivity contribution is 7.13. The Labute approximate surface area is 183 Å². The Morgan fingerprint density at radius 1 is 1.07 bits per heavy atom. The van der Waals surface area contributed by atoms with Gasteiger partial charge in [0.2, 0.25) is 5.91 Å². The van der Waals surface area contributed by atoms with Gasteiger partial charge in [-0.3, -0.25) is 9.78 Å². The van der Waals surface area contributed by atoms with E-state index in [-0.39, 0.29) is 18.9 Å². The van der Waals surface area contributed by atoms with E-state index in [1.54, 1.807) is 35.9 Å². The first-order valence-electron chi connectivity index (χ1n) is 9.32. The molecule has 4 aromatic rings. The van der Waals surface area contributed by atoms with Crippen LogP contribution in [0.3, 0.4) is 0 Å². The van der Waals surface area contributed by atoms with Crippen LogP contribution in [0.4, 0.5) is 5.69 Å². The number of hydrogen-bond donors (Lipinski definition) is 1. The molecule has 2 aromatic heterocycles. The van der Waals surface area contributed by atoms with Crippen molar-refractivity contribution in [2.45, 2.75) is 6.42 Å². The van der Waals surface area contributed by atoms with Crippen LogP contribution in [-0.2, 0) is 4.79 Å². The van der Waals surface area contributed by atoms with Gasteiger partial charge in [-0.15, -0.1) is 11.3 Å². The number of benzene rings is 2. The van der Waals surface area contributed by atoms with Crippen molar-refractivity contribution in [2.75, 3.05) is 11.9 Å². The van der Waals surface area contributed by atoms with E-state index in [1.165, 1.54) is 0 Å². The second-order valence-corrected chi connectivity index (χ2v) is 7.70. The Morgan fingerprint density at radius 2 is 1.93 bits per heavy atom. The van der Waals surface area contributed by atoms with E-state index in [0.29, 0.717) is 16.5 Å². The maximum absolute atomic E-state index is 12.3. The fraction of sp³-hybridized carbons (Fsp3) is 0.0870. The van der Waals surface area contributed by atoms with Gasteiger partial charge in [0, 0.05) is 34.6 Å². The van der Waals surface area contributed by atoms with E-state index in [4.69, 9.17) is 21.3 Å². The van der Waals surface area contributed by atoms with Gasteiger partial charge in [0.05, 0.1) is 23.7 Å². The number of nitrogens with one attached hydrogen (secondary N) is 1. The molecule has 0 atom stereocenters. The standard InChI is InChI=1S/C23H18ClN3O2S/c24-19-8-1-2-9-21(19)29-12-10-22(28)26-18-7-3-5-16(13-18)20-15-30-23(27-20)17-6-4-11-25-14-17/h1-9,11,13-15H,10,12H2,(H,26,28). The molecule has 1 amide bonds. The monoisotopic (exact) mass is 435 g/mol. The molecule has 4 rings (SSSR count). The van der Waals surface area contributed by atoms with Crippen LogP contribution in [0.15, 0.2) is 78.4 Å². The minimum Gasteiger partial charge on any atom is -0.491 e. The number of carbonyl (C=O) groups is 1. The maximum Gasteiger partial charge on any atom is 0.227 e. The van der Waals surface area contributed by atoms with E-state index in [0.717, 1.165) is 21.8 Å². The molecule has 0 spiro atoms. The third-order valence-electron chi connectivity index (χ3n) is 4.28. The number of pyridine rings is 1. The summed E-state index contributed by atoms with van der Waals surface area (Å²) >= 11 is 7.61. The summed E-state index contributed by atoms with van der Waals surface area (Å²) in [6, 6.07) is 18.7. The summed E-state index contributed by atoms with van der Waals surface area (Å²) < 4.78 is 5.58. The van der Waals surface area contributed by atoms with Gasteiger partial charge in [-0.05, 0) is 36.4 Å². The lowest BCUT2D eigenvalue weighted by molar-refractivity contribution is -0.116. The van der Waals surface area contributed by atoms with Crippen LogP contribution < -0.4 is 10.1 Å². The number of rotatable bonds is 7. The van der Waals surface area contributed by atoms with E-state index in [1.807, 2.05) is 53.9 Å². The molecule has 2 heterocycles. The second-order valence-electron chi connectivity index (χ2n) is 6.44. The van der Waals surface area contributed by atoms with Crippen LogP contribution in [0.25, 0.3) is 21.8 Å². The van der Waals surface area contributed by atoms with Crippen LogP contribution in [-0.4, -0.2) is 22.5 Å².